The Morgan fingerprint density at radius 2 is 2.29 bits per heavy atom. The quantitative estimate of drug-likeness (QED) is 0.853. The van der Waals surface area contributed by atoms with Crippen LogP contribution in [0.2, 0.25) is 0 Å². The maximum absolute atomic E-state index is 9.45. The van der Waals surface area contributed by atoms with Crippen molar-refractivity contribution in [3.05, 3.63) is 29.8 Å². The molecule has 2 unspecified atom stereocenters. The molecule has 0 spiro atoms. The van der Waals surface area contributed by atoms with Gasteiger partial charge in [-0.25, -0.2) is 0 Å². The molecular formula is C16H26N2O3. The van der Waals surface area contributed by atoms with Crippen LogP contribution in [-0.4, -0.2) is 55.1 Å². The number of morpholine rings is 1. The average Bonchev–Trinajstić information content (AvgIpc) is 2.46. The number of benzene rings is 1. The van der Waals surface area contributed by atoms with Gasteiger partial charge in [0.2, 0.25) is 0 Å². The molecule has 21 heavy (non-hydrogen) atoms. The van der Waals surface area contributed by atoms with Crippen LogP contribution in [0.15, 0.2) is 24.3 Å². The molecule has 1 saturated heterocycles. The lowest BCUT2D eigenvalue weighted by Gasteiger charge is -2.45. The molecule has 5 heteroatoms. The van der Waals surface area contributed by atoms with Gasteiger partial charge in [0.1, 0.15) is 5.75 Å². The second-order valence-electron chi connectivity index (χ2n) is 6.14. The van der Waals surface area contributed by atoms with Crippen LogP contribution >= 0.6 is 0 Å². The van der Waals surface area contributed by atoms with Gasteiger partial charge in [-0.2, -0.15) is 0 Å². The molecular weight excluding hydrogens is 268 g/mol. The Bertz CT molecular complexity index is 465. The fraction of sp³-hybridized carbons (Fsp3) is 0.625. The van der Waals surface area contributed by atoms with Gasteiger partial charge in [0.05, 0.1) is 25.4 Å². The molecule has 3 N–H and O–H groups in total. The second kappa shape index (κ2) is 6.75. The van der Waals surface area contributed by atoms with E-state index in [1.54, 1.807) is 7.11 Å². The first-order chi connectivity index (χ1) is 9.99. The highest BCUT2D eigenvalue weighted by Gasteiger charge is 2.36. The summed E-state index contributed by atoms with van der Waals surface area (Å²) in [6, 6.07) is 8.09. The van der Waals surface area contributed by atoms with Crippen molar-refractivity contribution in [3.8, 4) is 5.75 Å². The molecule has 0 aromatic heterocycles. The van der Waals surface area contributed by atoms with E-state index in [9.17, 15) is 5.11 Å². The first-order valence-electron chi connectivity index (χ1n) is 7.36. The van der Waals surface area contributed by atoms with Crippen molar-refractivity contribution < 1.29 is 14.6 Å². The number of methoxy groups -OCH3 is 1. The van der Waals surface area contributed by atoms with Gasteiger partial charge in [0, 0.05) is 25.7 Å². The Morgan fingerprint density at radius 1 is 1.52 bits per heavy atom. The fourth-order valence-electron chi connectivity index (χ4n) is 3.02. The van der Waals surface area contributed by atoms with Crippen LogP contribution in [0.1, 0.15) is 25.5 Å². The van der Waals surface area contributed by atoms with Gasteiger partial charge in [-0.3, -0.25) is 4.90 Å². The Balaban J connectivity index is 2.23. The normalized spacial score (nSPS) is 23.8. The fourth-order valence-corrected chi connectivity index (χ4v) is 3.02. The molecule has 1 aromatic rings. The van der Waals surface area contributed by atoms with Crippen molar-refractivity contribution in [1.29, 1.82) is 0 Å². The van der Waals surface area contributed by atoms with Crippen molar-refractivity contribution in [2.75, 3.05) is 33.4 Å². The SMILES string of the molecule is COc1cccc(C(CN)N2CC(CO)OC(C)(C)C2)c1. The molecule has 2 atom stereocenters. The van der Waals surface area contributed by atoms with E-state index in [1.807, 2.05) is 32.0 Å². The molecule has 1 heterocycles. The van der Waals surface area contributed by atoms with Gasteiger partial charge in [0.15, 0.2) is 0 Å². The van der Waals surface area contributed by atoms with Crippen molar-refractivity contribution >= 4 is 0 Å². The molecule has 5 nitrogen and oxygen atoms in total. The zero-order valence-corrected chi connectivity index (χ0v) is 13.1. The van der Waals surface area contributed by atoms with Crippen LogP contribution in [0.3, 0.4) is 0 Å². The number of nitrogens with two attached hydrogens (primary N) is 1. The molecule has 0 bridgehead atoms. The van der Waals surface area contributed by atoms with Crippen LogP contribution in [0.4, 0.5) is 0 Å². The van der Waals surface area contributed by atoms with Gasteiger partial charge in [-0.05, 0) is 31.5 Å². The average molecular weight is 294 g/mol. The standard InChI is InChI=1S/C16H26N2O3/c1-16(2)11-18(9-14(10-19)21-16)15(8-17)12-5-4-6-13(7-12)20-3/h4-7,14-15,19H,8-11,17H2,1-3H3. The van der Waals surface area contributed by atoms with Gasteiger partial charge >= 0.3 is 0 Å². The minimum Gasteiger partial charge on any atom is -0.497 e. The van der Waals surface area contributed by atoms with Gasteiger partial charge in [-0.1, -0.05) is 12.1 Å². The number of nitrogens with zero attached hydrogens (tertiary/aromatic N) is 1. The predicted octanol–water partition coefficient (Wildman–Crippen LogP) is 1.17. The smallest absolute Gasteiger partial charge is 0.119 e. The zero-order chi connectivity index (χ0) is 15.5. The molecule has 0 radical (unpaired) electrons. The van der Waals surface area contributed by atoms with Crippen LogP contribution < -0.4 is 10.5 Å². The molecule has 0 amide bonds. The van der Waals surface area contributed by atoms with Crippen LogP contribution in [0.5, 0.6) is 5.75 Å². The first kappa shape index (κ1) is 16.2. The minimum atomic E-state index is -0.294. The van der Waals surface area contributed by atoms with E-state index in [4.69, 9.17) is 15.2 Å². The minimum absolute atomic E-state index is 0.0231. The molecule has 0 saturated carbocycles. The van der Waals surface area contributed by atoms with E-state index < -0.39 is 0 Å². The maximum atomic E-state index is 9.45. The third-order valence-electron chi connectivity index (χ3n) is 3.85. The third kappa shape index (κ3) is 3.95. The Kier molecular flexibility index (Phi) is 5.22. The highest BCUT2D eigenvalue weighted by Crippen LogP contribution is 2.29. The van der Waals surface area contributed by atoms with Gasteiger partial charge in [0.25, 0.3) is 0 Å². The van der Waals surface area contributed by atoms with Crippen molar-refractivity contribution in [1.82, 2.24) is 4.90 Å². The summed E-state index contributed by atoms with van der Waals surface area (Å²) >= 11 is 0. The highest BCUT2D eigenvalue weighted by atomic mass is 16.5. The zero-order valence-electron chi connectivity index (χ0n) is 13.1. The summed E-state index contributed by atoms with van der Waals surface area (Å²) in [5.74, 6) is 0.831. The summed E-state index contributed by atoms with van der Waals surface area (Å²) in [7, 11) is 1.66. The molecule has 0 aliphatic carbocycles. The van der Waals surface area contributed by atoms with E-state index >= 15 is 0 Å². The molecule has 2 rings (SSSR count). The molecule has 1 aromatic carbocycles. The van der Waals surface area contributed by atoms with E-state index in [0.717, 1.165) is 17.9 Å². The summed E-state index contributed by atoms with van der Waals surface area (Å²) in [6.07, 6.45) is -0.173. The summed E-state index contributed by atoms with van der Waals surface area (Å²) in [4.78, 5) is 2.29. The van der Waals surface area contributed by atoms with E-state index in [0.29, 0.717) is 13.1 Å². The molecule has 1 fully saturated rings. The predicted molar refractivity (Wildman–Crippen MR) is 82.4 cm³/mol. The summed E-state index contributed by atoms with van der Waals surface area (Å²) < 4.78 is 11.2. The lowest BCUT2D eigenvalue weighted by atomic mass is 9.99. The monoisotopic (exact) mass is 294 g/mol. The number of ether oxygens (including phenoxy) is 2. The number of hydrogen-bond acceptors (Lipinski definition) is 5. The molecule has 118 valence electrons. The summed E-state index contributed by atoms with van der Waals surface area (Å²) in [5.41, 5.74) is 6.85. The van der Waals surface area contributed by atoms with Crippen molar-refractivity contribution in [3.63, 3.8) is 0 Å². The first-order valence-corrected chi connectivity index (χ1v) is 7.36. The third-order valence-corrected chi connectivity index (χ3v) is 3.85. The largest absolute Gasteiger partial charge is 0.497 e. The van der Waals surface area contributed by atoms with E-state index in [-0.39, 0.29) is 24.4 Å². The van der Waals surface area contributed by atoms with E-state index in [1.165, 1.54) is 0 Å². The molecule has 1 aliphatic heterocycles. The summed E-state index contributed by atoms with van der Waals surface area (Å²) in [5, 5.41) is 9.45. The Morgan fingerprint density at radius 3 is 2.90 bits per heavy atom. The van der Waals surface area contributed by atoms with E-state index in [2.05, 4.69) is 11.0 Å². The molecule has 1 aliphatic rings. The topological polar surface area (TPSA) is 68.0 Å². The number of aliphatic hydroxyl groups excluding tert-OH is 1. The summed E-state index contributed by atoms with van der Waals surface area (Å²) in [6.45, 7) is 6.08. The lowest BCUT2D eigenvalue weighted by molar-refractivity contribution is -0.156. The van der Waals surface area contributed by atoms with Gasteiger partial charge in [-0.15, -0.1) is 0 Å². The van der Waals surface area contributed by atoms with Crippen LogP contribution in [-0.2, 0) is 4.74 Å². The second-order valence-corrected chi connectivity index (χ2v) is 6.14. The van der Waals surface area contributed by atoms with Crippen LogP contribution in [0.25, 0.3) is 0 Å². The Labute approximate surface area is 126 Å². The Hall–Kier alpha value is -1.14. The lowest BCUT2D eigenvalue weighted by Crippen LogP contribution is -2.55. The highest BCUT2D eigenvalue weighted by molar-refractivity contribution is 5.31. The maximum Gasteiger partial charge on any atom is 0.119 e. The van der Waals surface area contributed by atoms with Crippen LogP contribution in [0, 0.1) is 0 Å². The number of aliphatic hydroxyl groups is 1. The number of rotatable bonds is 5. The number of hydrogen-bond donors (Lipinski definition) is 2. The van der Waals surface area contributed by atoms with Crippen molar-refractivity contribution in [2.45, 2.75) is 31.6 Å². The van der Waals surface area contributed by atoms with Crippen molar-refractivity contribution in [2.24, 2.45) is 5.73 Å². The van der Waals surface area contributed by atoms with Gasteiger partial charge < -0.3 is 20.3 Å².